The van der Waals surface area contributed by atoms with Gasteiger partial charge in [-0.05, 0) is 32.1 Å². The highest BCUT2D eigenvalue weighted by Gasteiger charge is 2.26. The van der Waals surface area contributed by atoms with Gasteiger partial charge in [-0.2, -0.15) is 0 Å². The van der Waals surface area contributed by atoms with E-state index in [4.69, 9.17) is 4.42 Å². The number of nitrogens with one attached hydrogen (secondary N) is 1. The van der Waals surface area contributed by atoms with E-state index in [9.17, 15) is 0 Å². The molecule has 1 fully saturated rings. The summed E-state index contributed by atoms with van der Waals surface area (Å²) in [5, 5.41) is 3.34. The first kappa shape index (κ1) is 15.5. The molecule has 20 heavy (non-hydrogen) atoms. The van der Waals surface area contributed by atoms with E-state index in [1.54, 1.807) is 0 Å². The van der Waals surface area contributed by atoms with Crippen LogP contribution >= 0.6 is 0 Å². The van der Waals surface area contributed by atoms with Crippen molar-refractivity contribution in [2.24, 2.45) is 0 Å². The SMILES string of the molecule is CCNCc1occc1CN1CCC(N(CC)CC)C1. The summed E-state index contributed by atoms with van der Waals surface area (Å²) in [6.45, 7) is 14.2. The summed E-state index contributed by atoms with van der Waals surface area (Å²) in [4.78, 5) is 5.14. The van der Waals surface area contributed by atoms with Crippen LogP contribution in [0.2, 0.25) is 0 Å². The van der Waals surface area contributed by atoms with Gasteiger partial charge in [0.1, 0.15) is 5.76 Å². The second-order valence-corrected chi connectivity index (χ2v) is 5.55. The Kier molecular flexibility index (Phi) is 6.07. The van der Waals surface area contributed by atoms with Gasteiger partial charge >= 0.3 is 0 Å². The third-order valence-electron chi connectivity index (χ3n) is 4.34. The van der Waals surface area contributed by atoms with Crippen molar-refractivity contribution in [2.75, 3.05) is 32.7 Å². The van der Waals surface area contributed by atoms with Crippen molar-refractivity contribution in [3.63, 3.8) is 0 Å². The van der Waals surface area contributed by atoms with Gasteiger partial charge in [0.25, 0.3) is 0 Å². The zero-order valence-electron chi connectivity index (χ0n) is 13.2. The standard InChI is InChI=1S/C16H29N3O/c1-4-17-11-16-14(8-10-20-16)12-18-9-7-15(13-18)19(5-2)6-3/h8,10,15,17H,4-7,9,11-13H2,1-3H3. The quantitative estimate of drug-likeness (QED) is 0.791. The van der Waals surface area contributed by atoms with Crippen LogP contribution in [0.15, 0.2) is 16.7 Å². The molecule has 0 spiro atoms. The Morgan fingerprint density at radius 1 is 1.35 bits per heavy atom. The van der Waals surface area contributed by atoms with E-state index in [0.29, 0.717) is 0 Å². The molecular weight excluding hydrogens is 250 g/mol. The molecule has 0 radical (unpaired) electrons. The monoisotopic (exact) mass is 279 g/mol. The first-order valence-electron chi connectivity index (χ1n) is 8.00. The highest BCUT2D eigenvalue weighted by molar-refractivity contribution is 5.17. The second-order valence-electron chi connectivity index (χ2n) is 5.55. The van der Waals surface area contributed by atoms with E-state index >= 15 is 0 Å². The number of likely N-dealkylation sites (N-methyl/N-ethyl adjacent to an activating group) is 1. The predicted octanol–water partition coefficient (Wildman–Crippen LogP) is 2.31. The Morgan fingerprint density at radius 3 is 2.85 bits per heavy atom. The number of nitrogens with zero attached hydrogens (tertiary/aromatic N) is 2. The Bertz CT molecular complexity index is 387. The van der Waals surface area contributed by atoms with E-state index in [-0.39, 0.29) is 0 Å². The van der Waals surface area contributed by atoms with Crippen LogP contribution in [0, 0.1) is 0 Å². The fraction of sp³-hybridized carbons (Fsp3) is 0.750. The fourth-order valence-corrected chi connectivity index (χ4v) is 3.14. The molecule has 1 atom stereocenters. The molecule has 0 aromatic carbocycles. The maximum absolute atomic E-state index is 5.59. The molecule has 0 aliphatic carbocycles. The summed E-state index contributed by atoms with van der Waals surface area (Å²) < 4.78 is 5.59. The molecule has 0 bridgehead atoms. The number of hydrogen-bond acceptors (Lipinski definition) is 4. The number of likely N-dealkylation sites (tertiary alicyclic amines) is 1. The van der Waals surface area contributed by atoms with Gasteiger partial charge in [-0.25, -0.2) is 0 Å². The van der Waals surface area contributed by atoms with Crippen molar-refractivity contribution in [3.05, 3.63) is 23.7 Å². The summed E-state index contributed by atoms with van der Waals surface area (Å²) in [6.07, 6.45) is 3.11. The topological polar surface area (TPSA) is 31.7 Å². The minimum Gasteiger partial charge on any atom is -0.468 e. The van der Waals surface area contributed by atoms with E-state index < -0.39 is 0 Å². The van der Waals surface area contributed by atoms with Crippen LogP contribution in [0.25, 0.3) is 0 Å². The molecular formula is C16H29N3O. The second kappa shape index (κ2) is 7.81. The first-order valence-corrected chi connectivity index (χ1v) is 8.00. The molecule has 114 valence electrons. The third kappa shape index (κ3) is 3.84. The fourth-order valence-electron chi connectivity index (χ4n) is 3.14. The molecule has 0 amide bonds. The van der Waals surface area contributed by atoms with Gasteiger partial charge < -0.3 is 9.73 Å². The Labute approximate surface area is 123 Å². The summed E-state index contributed by atoms with van der Waals surface area (Å²) >= 11 is 0. The molecule has 1 aliphatic rings. The Morgan fingerprint density at radius 2 is 2.15 bits per heavy atom. The molecule has 4 heteroatoms. The van der Waals surface area contributed by atoms with Crippen LogP contribution in [-0.2, 0) is 13.1 Å². The van der Waals surface area contributed by atoms with Crippen LogP contribution in [-0.4, -0.2) is 48.6 Å². The lowest BCUT2D eigenvalue weighted by atomic mass is 10.2. The van der Waals surface area contributed by atoms with Gasteiger partial charge in [-0.1, -0.05) is 20.8 Å². The van der Waals surface area contributed by atoms with Crippen molar-refractivity contribution in [1.82, 2.24) is 15.1 Å². The molecule has 0 saturated carbocycles. The van der Waals surface area contributed by atoms with Crippen LogP contribution in [0.3, 0.4) is 0 Å². The predicted molar refractivity (Wildman–Crippen MR) is 82.7 cm³/mol. The van der Waals surface area contributed by atoms with Crippen LogP contribution in [0.1, 0.15) is 38.5 Å². The summed E-state index contributed by atoms with van der Waals surface area (Å²) in [5.74, 6) is 1.10. The van der Waals surface area contributed by atoms with Crippen LogP contribution in [0.4, 0.5) is 0 Å². The highest BCUT2D eigenvalue weighted by atomic mass is 16.3. The average molecular weight is 279 g/mol. The van der Waals surface area contributed by atoms with Crippen molar-refractivity contribution >= 4 is 0 Å². The largest absolute Gasteiger partial charge is 0.468 e. The van der Waals surface area contributed by atoms with E-state index in [1.165, 1.54) is 25.1 Å². The van der Waals surface area contributed by atoms with Gasteiger partial charge in [-0.15, -0.1) is 0 Å². The van der Waals surface area contributed by atoms with Gasteiger partial charge in [0.05, 0.1) is 12.8 Å². The van der Waals surface area contributed by atoms with Crippen LogP contribution in [0.5, 0.6) is 0 Å². The van der Waals surface area contributed by atoms with Crippen LogP contribution < -0.4 is 5.32 Å². The van der Waals surface area contributed by atoms with Gasteiger partial charge in [-0.3, -0.25) is 9.80 Å². The normalized spacial score (nSPS) is 20.1. The van der Waals surface area contributed by atoms with Crippen molar-refractivity contribution in [2.45, 2.75) is 46.3 Å². The molecule has 1 N–H and O–H groups in total. The molecule has 4 nitrogen and oxygen atoms in total. The van der Waals surface area contributed by atoms with Gasteiger partial charge in [0, 0.05) is 31.2 Å². The minimum absolute atomic E-state index is 0.731. The number of hydrogen-bond donors (Lipinski definition) is 1. The summed E-state index contributed by atoms with van der Waals surface area (Å²) in [6, 6.07) is 2.85. The first-order chi connectivity index (χ1) is 9.78. The lowest BCUT2D eigenvalue weighted by Crippen LogP contribution is -2.37. The van der Waals surface area contributed by atoms with Crippen molar-refractivity contribution in [1.29, 1.82) is 0 Å². The molecule has 1 aromatic heterocycles. The molecule has 1 aromatic rings. The minimum atomic E-state index is 0.731. The summed E-state index contributed by atoms with van der Waals surface area (Å²) in [5.41, 5.74) is 1.34. The maximum atomic E-state index is 5.59. The smallest absolute Gasteiger partial charge is 0.122 e. The zero-order valence-corrected chi connectivity index (χ0v) is 13.2. The molecule has 1 unspecified atom stereocenters. The van der Waals surface area contributed by atoms with E-state index in [1.807, 2.05) is 6.26 Å². The van der Waals surface area contributed by atoms with Crippen molar-refractivity contribution < 1.29 is 4.42 Å². The molecule has 2 heterocycles. The van der Waals surface area contributed by atoms with E-state index in [2.05, 4.69) is 42.0 Å². The highest BCUT2D eigenvalue weighted by Crippen LogP contribution is 2.20. The lowest BCUT2D eigenvalue weighted by Gasteiger charge is -2.26. The number of rotatable bonds is 8. The molecule has 1 aliphatic heterocycles. The molecule has 2 rings (SSSR count). The maximum Gasteiger partial charge on any atom is 0.122 e. The Hall–Kier alpha value is -0.840. The van der Waals surface area contributed by atoms with Crippen molar-refractivity contribution in [3.8, 4) is 0 Å². The summed E-state index contributed by atoms with van der Waals surface area (Å²) in [7, 11) is 0. The van der Waals surface area contributed by atoms with Gasteiger partial charge in [0.15, 0.2) is 0 Å². The van der Waals surface area contributed by atoms with E-state index in [0.717, 1.165) is 44.5 Å². The molecule has 1 saturated heterocycles. The van der Waals surface area contributed by atoms with Gasteiger partial charge in [0.2, 0.25) is 0 Å². The average Bonchev–Trinajstić information content (AvgIpc) is 3.08. The lowest BCUT2D eigenvalue weighted by molar-refractivity contribution is 0.208. The number of furan rings is 1. The third-order valence-corrected chi connectivity index (χ3v) is 4.34. The Balaban J connectivity index is 1.87. The zero-order chi connectivity index (χ0) is 14.4.